The van der Waals surface area contributed by atoms with E-state index in [1.54, 1.807) is 18.9 Å². The van der Waals surface area contributed by atoms with Gasteiger partial charge < -0.3 is 10.1 Å². The number of methoxy groups -OCH3 is 1. The maximum atomic E-state index is 5.01. The van der Waals surface area contributed by atoms with Gasteiger partial charge in [0.2, 0.25) is 5.16 Å². The molecule has 2 rings (SSSR count). The molecule has 0 aromatic carbocycles. The largest absolute Gasteiger partial charge is 0.385 e. The summed E-state index contributed by atoms with van der Waals surface area (Å²) >= 11 is 1.69. The Balaban J connectivity index is 1.67. The first-order valence-corrected chi connectivity index (χ1v) is 7.00. The number of thioether (sulfide) groups is 1. The molecule has 0 spiro atoms. The van der Waals surface area contributed by atoms with Crippen LogP contribution in [0.15, 0.2) is 5.16 Å². The average Bonchev–Trinajstić information content (AvgIpc) is 3.05. The normalized spacial score (nSPS) is 15.4. The quantitative estimate of drug-likeness (QED) is 0.515. The van der Waals surface area contributed by atoms with Gasteiger partial charge in [-0.2, -0.15) is 0 Å². The number of ether oxygens (including phenoxy) is 1. The molecular weight excluding hydrogens is 238 g/mol. The Labute approximate surface area is 105 Å². The topological polar surface area (TPSA) is 64.9 Å². The lowest BCUT2D eigenvalue weighted by Crippen LogP contribution is -2.22. The zero-order chi connectivity index (χ0) is 11.9. The van der Waals surface area contributed by atoms with E-state index in [9.17, 15) is 0 Å². The maximum Gasteiger partial charge on any atom is 0.209 e. The molecule has 0 amide bonds. The van der Waals surface area contributed by atoms with Crippen molar-refractivity contribution in [2.45, 2.75) is 37.0 Å². The average molecular weight is 257 g/mol. The van der Waals surface area contributed by atoms with Crippen molar-refractivity contribution >= 4 is 11.8 Å². The van der Waals surface area contributed by atoms with Crippen molar-refractivity contribution < 1.29 is 4.74 Å². The monoisotopic (exact) mass is 257 g/mol. The van der Waals surface area contributed by atoms with Gasteiger partial charge in [-0.1, -0.05) is 11.8 Å². The number of tetrazole rings is 1. The van der Waals surface area contributed by atoms with E-state index < -0.39 is 0 Å². The summed E-state index contributed by atoms with van der Waals surface area (Å²) < 4.78 is 6.88. The first-order valence-electron chi connectivity index (χ1n) is 6.01. The number of aromatic nitrogens is 4. The fraction of sp³-hybridized carbons (Fsp3) is 0.900. The van der Waals surface area contributed by atoms with Crippen molar-refractivity contribution in [2.24, 2.45) is 0 Å². The van der Waals surface area contributed by atoms with Gasteiger partial charge in [0.25, 0.3) is 0 Å². The second-order valence-corrected chi connectivity index (χ2v) is 5.17. The molecule has 1 saturated carbocycles. The van der Waals surface area contributed by atoms with Gasteiger partial charge in [0.05, 0.1) is 6.54 Å². The van der Waals surface area contributed by atoms with Crippen molar-refractivity contribution in [1.82, 2.24) is 25.5 Å². The summed E-state index contributed by atoms with van der Waals surface area (Å²) in [5, 5.41) is 16.1. The van der Waals surface area contributed by atoms with Crippen molar-refractivity contribution in [1.29, 1.82) is 0 Å². The van der Waals surface area contributed by atoms with E-state index in [-0.39, 0.29) is 0 Å². The highest BCUT2D eigenvalue weighted by Gasteiger charge is 2.19. The molecule has 1 fully saturated rings. The van der Waals surface area contributed by atoms with Crippen molar-refractivity contribution in [2.75, 3.05) is 26.0 Å². The Hall–Kier alpha value is -0.660. The van der Waals surface area contributed by atoms with E-state index in [1.165, 1.54) is 12.8 Å². The molecular formula is C10H19N5OS. The molecule has 17 heavy (non-hydrogen) atoms. The number of hydrogen-bond acceptors (Lipinski definition) is 6. The smallest absolute Gasteiger partial charge is 0.209 e. The van der Waals surface area contributed by atoms with E-state index in [2.05, 4.69) is 20.8 Å². The summed E-state index contributed by atoms with van der Waals surface area (Å²) in [4.78, 5) is 0. The van der Waals surface area contributed by atoms with Crippen LogP contribution in [-0.4, -0.2) is 52.3 Å². The van der Waals surface area contributed by atoms with Gasteiger partial charge in [-0.15, -0.1) is 5.10 Å². The lowest BCUT2D eigenvalue weighted by atomic mass is 10.5. The summed E-state index contributed by atoms with van der Waals surface area (Å²) in [5.74, 6) is 0.990. The summed E-state index contributed by atoms with van der Waals surface area (Å²) in [6.07, 6.45) is 3.65. The number of rotatable bonds is 9. The van der Waals surface area contributed by atoms with Crippen LogP contribution in [0.25, 0.3) is 0 Å². The van der Waals surface area contributed by atoms with E-state index in [0.29, 0.717) is 0 Å². The number of nitrogens with zero attached hydrogens (tertiary/aromatic N) is 4. The first kappa shape index (κ1) is 12.8. The molecule has 96 valence electrons. The number of hydrogen-bond donors (Lipinski definition) is 1. The Bertz CT molecular complexity index is 328. The van der Waals surface area contributed by atoms with Gasteiger partial charge in [-0.25, -0.2) is 4.68 Å². The lowest BCUT2D eigenvalue weighted by Gasteiger charge is -2.05. The molecule has 1 N–H and O–H groups in total. The Morgan fingerprint density at radius 1 is 1.53 bits per heavy atom. The van der Waals surface area contributed by atoms with Gasteiger partial charge in [0.1, 0.15) is 0 Å². The van der Waals surface area contributed by atoms with Crippen LogP contribution in [0, 0.1) is 0 Å². The minimum atomic E-state index is 0.740. The van der Waals surface area contributed by atoms with Gasteiger partial charge in [0.15, 0.2) is 0 Å². The van der Waals surface area contributed by atoms with Gasteiger partial charge >= 0.3 is 0 Å². The van der Waals surface area contributed by atoms with Crippen LogP contribution in [-0.2, 0) is 11.3 Å². The van der Waals surface area contributed by atoms with Crippen molar-refractivity contribution in [3.63, 3.8) is 0 Å². The fourth-order valence-corrected chi connectivity index (χ4v) is 2.28. The summed E-state index contributed by atoms with van der Waals surface area (Å²) in [6.45, 7) is 2.58. The fourth-order valence-electron chi connectivity index (χ4n) is 1.47. The molecule has 0 unspecified atom stereocenters. The van der Waals surface area contributed by atoms with Crippen molar-refractivity contribution in [3.8, 4) is 0 Å². The summed E-state index contributed by atoms with van der Waals surface area (Å²) in [7, 11) is 1.72. The molecule has 0 saturated heterocycles. The molecule has 6 nitrogen and oxygen atoms in total. The highest BCUT2D eigenvalue weighted by Crippen LogP contribution is 2.18. The van der Waals surface area contributed by atoms with Crippen LogP contribution in [0.1, 0.15) is 19.3 Å². The predicted octanol–water partition coefficient (Wildman–Crippen LogP) is 0.554. The molecule has 7 heteroatoms. The van der Waals surface area contributed by atoms with Crippen molar-refractivity contribution in [3.05, 3.63) is 0 Å². The molecule has 1 aromatic rings. The lowest BCUT2D eigenvalue weighted by molar-refractivity contribution is 0.200. The molecule has 1 heterocycles. The molecule has 0 aliphatic heterocycles. The highest BCUT2D eigenvalue weighted by atomic mass is 32.2. The molecule has 1 aliphatic rings. The van der Waals surface area contributed by atoms with Gasteiger partial charge in [-0.05, 0) is 29.7 Å². The van der Waals surface area contributed by atoms with Crippen LogP contribution < -0.4 is 5.32 Å². The third-order valence-corrected chi connectivity index (χ3v) is 3.60. The van der Waals surface area contributed by atoms with E-state index in [1.807, 2.05) is 4.68 Å². The third kappa shape index (κ3) is 4.61. The van der Waals surface area contributed by atoms with Crippen LogP contribution in [0.5, 0.6) is 0 Å². The molecule has 1 aromatic heterocycles. The Morgan fingerprint density at radius 3 is 3.18 bits per heavy atom. The molecule has 1 aliphatic carbocycles. The zero-order valence-electron chi connectivity index (χ0n) is 10.1. The summed E-state index contributed by atoms with van der Waals surface area (Å²) in [5.41, 5.74) is 0. The molecule has 0 radical (unpaired) electrons. The maximum absolute atomic E-state index is 5.01. The Kier molecular flexibility index (Phi) is 5.21. The summed E-state index contributed by atoms with van der Waals surface area (Å²) in [6, 6.07) is 0.740. The first-order chi connectivity index (χ1) is 8.40. The highest BCUT2D eigenvalue weighted by molar-refractivity contribution is 7.99. The van der Waals surface area contributed by atoms with E-state index >= 15 is 0 Å². The second-order valence-electron chi connectivity index (χ2n) is 4.11. The minimum absolute atomic E-state index is 0.740. The van der Waals surface area contributed by atoms with Crippen LogP contribution in [0.4, 0.5) is 0 Å². The van der Waals surface area contributed by atoms with Crippen LogP contribution in [0.3, 0.4) is 0 Å². The number of nitrogens with one attached hydrogen (secondary N) is 1. The third-order valence-electron chi connectivity index (χ3n) is 2.56. The molecule has 0 atom stereocenters. The molecule has 0 bridgehead atoms. The van der Waals surface area contributed by atoms with Crippen LogP contribution in [0.2, 0.25) is 0 Å². The predicted molar refractivity (Wildman–Crippen MR) is 66.1 cm³/mol. The second kappa shape index (κ2) is 6.93. The minimum Gasteiger partial charge on any atom is -0.385 e. The Morgan fingerprint density at radius 2 is 2.41 bits per heavy atom. The van der Waals surface area contributed by atoms with E-state index in [4.69, 9.17) is 4.74 Å². The SMILES string of the molecule is COCCCSc1nnnn1CCNC1CC1. The standard InChI is InChI=1S/C10H19N5OS/c1-16-7-2-8-17-10-12-13-14-15(10)6-5-11-9-3-4-9/h9,11H,2-8H2,1H3. The van der Waals surface area contributed by atoms with Gasteiger partial charge in [0, 0.05) is 32.1 Å². The van der Waals surface area contributed by atoms with Crippen LogP contribution >= 0.6 is 11.8 Å². The van der Waals surface area contributed by atoms with Gasteiger partial charge in [-0.3, -0.25) is 0 Å². The van der Waals surface area contributed by atoms with E-state index in [0.717, 1.165) is 43.1 Å². The zero-order valence-corrected chi connectivity index (χ0v) is 10.9.